The van der Waals surface area contributed by atoms with Crippen LogP contribution in [0.3, 0.4) is 0 Å². The van der Waals surface area contributed by atoms with Crippen LogP contribution in [0.4, 0.5) is 0 Å². The second-order valence-electron chi connectivity index (χ2n) is 6.31. The van der Waals surface area contributed by atoms with E-state index >= 15 is 0 Å². The van der Waals surface area contributed by atoms with E-state index in [1.807, 2.05) is 0 Å². The first kappa shape index (κ1) is 15.0. The van der Waals surface area contributed by atoms with Crippen molar-refractivity contribution in [3.8, 4) is 0 Å². The Hall–Kier alpha value is -1.52. The summed E-state index contributed by atoms with van der Waals surface area (Å²) in [5, 5.41) is 11.5. The van der Waals surface area contributed by atoms with E-state index in [4.69, 9.17) is 14.3 Å². The Balaban J connectivity index is 1.83. The van der Waals surface area contributed by atoms with Gasteiger partial charge in [0, 0.05) is 24.7 Å². The molecule has 9 heteroatoms. The summed E-state index contributed by atoms with van der Waals surface area (Å²) in [4.78, 5) is 31.7. The minimum atomic E-state index is -0.732. The molecule has 3 aliphatic rings. The number of rotatable bonds is 2. The molecule has 5 atom stereocenters. The van der Waals surface area contributed by atoms with Crippen molar-refractivity contribution in [3.63, 3.8) is 0 Å². The molecule has 23 heavy (non-hydrogen) atoms. The highest BCUT2D eigenvalue weighted by Gasteiger charge is 2.70. The number of likely N-dealkylation sites (N-methyl/N-ethyl adjacent to an activating group) is 1. The van der Waals surface area contributed by atoms with Gasteiger partial charge >= 0.3 is 5.69 Å². The number of nitrogens with one attached hydrogen (secondary N) is 1. The molecule has 3 fully saturated rings. The molecule has 0 unspecified atom stereocenters. The molecule has 0 aromatic carbocycles. The van der Waals surface area contributed by atoms with Crippen LogP contribution in [-0.2, 0) is 14.3 Å². The van der Waals surface area contributed by atoms with Gasteiger partial charge in [-0.15, -0.1) is 0 Å². The predicted molar refractivity (Wildman–Crippen MR) is 76.7 cm³/mol. The second kappa shape index (κ2) is 4.99. The van der Waals surface area contributed by atoms with Crippen molar-refractivity contribution in [1.29, 1.82) is 0 Å². The molecule has 1 aromatic rings. The van der Waals surface area contributed by atoms with Crippen molar-refractivity contribution in [3.05, 3.63) is 32.6 Å². The Morgan fingerprint density at radius 3 is 2.96 bits per heavy atom. The van der Waals surface area contributed by atoms with E-state index in [-0.39, 0.29) is 12.5 Å². The maximum Gasteiger partial charge on any atom is 0.330 e. The van der Waals surface area contributed by atoms with Gasteiger partial charge in [0.05, 0.1) is 19.8 Å². The minimum Gasteiger partial charge on any atom is -0.394 e. The number of hydrogen-bond acceptors (Lipinski definition) is 7. The topological polar surface area (TPSA) is 106 Å². The molecule has 4 rings (SSSR count). The third-order valence-electron chi connectivity index (χ3n) is 5.27. The Labute approximate surface area is 131 Å². The van der Waals surface area contributed by atoms with Crippen LogP contribution < -0.4 is 11.2 Å². The lowest BCUT2D eigenvalue weighted by Crippen LogP contribution is -2.57. The molecule has 0 radical (unpaired) electrons. The number of hydroxylamine groups is 2. The van der Waals surface area contributed by atoms with Gasteiger partial charge in [-0.3, -0.25) is 19.2 Å². The number of aromatic nitrogens is 2. The summed E-state index contributed by atoms with van der Waals surface area (Å²) in [7, 11) is 1.79. The summed E-state index contributed by atoms with van der Waals surface area (Å²) < 4.78 is 13.2. The molecule has 0 aliphatic carbocycles. The number of ether oxygens (including phenoxy) is 2. The largest absolute Gasteiger partial charge is 0.394 e. The number of nitrogens with zero attached hydrogens (tertiary/aromatic N) is 2. The van der Waals surface area contributed by atoms with Crippen LogP contribution in [0.2, 0.25) is 0 Å². The molecule has 1 spiro atoms. The molecule has 0 bridgehead atoms. The average Bonchev–Trinajstić information content (AvgIpc) is 3.13. The Morgan fingerprint density at radius 2 is 2.22 bits per heavy atom. The minimum absolute atomic E-state index is 0.0548. The van der Waals surface area contributed by atoms with E-state index < -0.39 is 35.2 Å². The van der Waals surface area contributed by atoms with Crippen LogP contribution in [-0.4, -0.2) is 64.3 Å². The van der Waals surface area contributed by atoms with Crippen LogP contribution in [0.5, 0.6) is 0 Å². The number of hydrogen-bond donors (Lipinski definition) is 2. The van der Waals surface area contributed by atoms with Gasteiger partial charge in [-0.2, -0.15) is 5.06 Å². The highest BCUT2D eigenvalue weighted by Crippen LogP contribution is 2.53. The maximum atomic E-state index is 12.2. The van der Waals surface area contributed by atoms with Gasteiger partial charge in [0.2, 0.25) is 0 Å². The van der Waals surface area contributed by atoms with Crippen LogP contribution in [0.1, 0.15) is 11.8 Å². The molecule has 3 aliphatic heterocycles. The van der Waals surface area contributed by atoms with Crippen molar-refractivity contribution < 1.29 is 19.4 Å². The van der Waals surface area contributed by atoms with E-state index in [0.717, 1.165) is 0 Å². The fourth-order valence-corrected chi connectivity index (χ4v) is 4.13. The standard InChI is InChI=1S/C14H19N3O6/c1-7-3-17(13(20)15-11(7)19)12-10-14(9(4-18)23-12)8(5-21-10)6-22-16(14)2/h3,8-10,12,18H,4-6H2,1-2H3,(H,15,19,20)/t8-,9+,10-,12+,14-/m0/s1. The predicted octanol–water partition coefficient (Wildman–Crippen LogP) is -1.63. The summed E-state index contributed by atoms with van der Waals surface area (Å²) in [5.74, 6) is 0.0548. The average molecular weight is 325 g/mol. The van der Waals surface area contributed by atoms with Crippen LogP contribution in [0.15, 0.2) is 15.8 Å². The lowest BCUT2D eigenvalue weighted by molar-refractivity contribution is -0.175. The van der Waals surface area contributed by atoms with E-state index in [1.54, 1.807) is 19.0 Å². The summed E-state index contributed by atoms with van der Waals surface area (Å²) in [6.45, 7) is 2.37. The highest BCUT2D eigenvalue weighted by molar-refractivity contribution is 5.17. The van der Waals surface area contributed by atoms with Gasteiger partial charge < -0.3 is 14.6 Å². The van der Waals surface area contributed by atoms with Crippen LogP contribution in [0, 0.1) is 12.8 Å². The summed E-state index contributed by atoms with van der Waals surface area (Å²) in [6, 6.07) is 0. The number of aromatic amines is 1. The monoisotopic (exact) mass is 325 g/mol. The van der Waals surface area contributed by atoms with Crippen molar-refractivity contribution in [2.45, 2.75) is 30.9 Å². The van der Waals surface area contributed by atoms with Gasteiger partial charge in [0.15, 0.2) is 6.23 Å². The first-order valence-electron chi connectivity index (χ1n) is 7.57. The first-order valence-corrected chi connectivity index (χ1v) is 7.57. The molecule has 0 saturated carbocycles. The van der Waals surface area contributed by atoms with E-state index in [2.05, 4.69) is 4.98 Å². The molecule has 126 valence electrons. The Kier molecular flexibility index (Phi) is 3.26. The quantitative estimate of drug-likeness (QED) is 0.672. The number of aryl methyl sites for hydroxylation is 1. The van der Waals surface area contributed by atoms with Gasteiger partial charge in [0.25, 0.3) is 5.56 Å². The Morgan fingerprint density at radius 1 is 1.43 bits per heavy atom. The smallest absolute Gasteiger partial charge is 0.330 e. The Bertz CT molecular complexity index is 745. The molecular formula is C14H19N3O6. The summed E-state index contributed by atoms with van der Waals surface area (Å²) in [5.41, 5.74) is -1.22. The van der Waals surface area contributed by atoms with Gasteiger partial charge in [0.1, 0.15) is 17.7 Å². The van der Waals surface area contributed by atoms with Gasteiger partial charge in [-0.05, 0) is 6.92 Å². The number of H-pyrrole nitrogens is 1. The molecular weight excluding hydrogens is 306 g/mol. The molecule has 2 N–H and O–H groups in total. The zero-order valence-corrected chi connectivity index (χ0v) is 12.9. The first-order chi connectivity index (χ1) is 11.0. The van der Waals surface area contributed by atoms with E-state index in [1.165, 1.54) is 10.8 Å². The van der Waals surface area contributed by atoms with Crippen LogP contribution >= 0.6 is 0 Å². The van der Waals surface area contributed by atoms with Crippen LogP contribution in [0.25, 0.3) is 0 Å². The second-order valence-corrected chi connectivity index (χ2v) is 6.31. The lowest BCUT2D eigenvalue weighted by Gasteiger charge is -2.35. The molecule has 4 heterocycles. The van der Waals surface area contributed by atoms with Gasteiger partial charge in [-0.25, -0.2) is 4.79 Å². The SMILES string of the molecule is Cc1cn([C@@H]2O[C@H](CO)[C@@]34[C@@H](CO[C@@H]23)CON4C)c(=O)[nH]c1=O. The maximum absolute atomic E-state index is 12.2. The normalized spacial score (nSPS) is 39.6. The number of aliphatic hydroxyl groups excluding tert-OH is 1. The summed E-state index contributed by atoms with van der Waals surface area (Å²) in [6.07, 6.45) is -0.285. The number of aliphatic hydroxyl groups is 1. The van der Waals surface area contributed by atoms with E-state index in [9.17, 15) is 14.7 Å². The lowest BCUT2D eigenvalue weighted by atomic mass is 9.79. The third-order valence-corrected chi connectivity index (χ3v) is 5.27. The van der Waals surface area contributed by atoms with E-state index in [0.29, 0.717) is 18.8 Å². The molecule has 9 nitrogen and oxygen atoms in total. The van der Waals surface area contributed by atoms with Crippen molar-refractivity contribution in [2.75, 3.05) is 26.9 Å². The molecule has 1 aromatic heterocycles. The zero-order valence-electron chi connectivity index (χ0n) is 12.9. The van der Waals surface area contributed by atoms with Crippen molar-refractivity contribution >= 4 is 0 Å². The van der Waals surface area contributed by atoms with Crippen molar-refractivity contribution in [2.24, 2.45) is 5.92 Å². The fourth-order valence-electron chi connectivity index (χ4n) is 4.13. The molecule has 0 amide bonds. The third kappa shape index (κ3) is 1.79. The summed E-state index contributed by atoms with van der Waals surface area (Å²) >= 11 is 0. The van der Waals surface area contributed by atoms with Gasteiger partial charge in [-0.1, -0.05) is 0 Å². The van der Waals surface area contributed by atoms with Crippen molar-refractivity contribution in [1.82, 2.24) is 14.6 Å². The highest BCUT2D eigenvalue weighted by atomic mass is 16.7. The zero-order chi connectivity index (χ0) is 16.4. The fraction of sp³-hybridized carbons (Fsp3) is 0.714. The molecule has 3 saturated heterocycles.